The van der Waals surface area contributed by atoms with Crippen molar-refractivity contribution in [2.75, 3.05) is 0 Å². The highest BCUT2D eigenvalue weighted by Crippen LogP contribution is 2.28. The third kappa shape index (κ3) is 3.50. The van der Waals surface area contributed by atoms with Crippen molar-refractivity contribution in [3.05, 3.63) is 75.1 Å². The summed E-state index contributed by atoms with van der Waals surface area (Å²) in [5.41, 5.74) is 4.47. The van der Waals surface area contributed by atoms with Crippen LogP contribution < -0.4 is 0 Å². The highest BCUT2D eigenvalue weighted by molar-refractivity contribution is 7.11. The summed E-state index contributed by atoms with van der Waals surface area (Å²) < 4.78 is 0. The first-order valence-electron chi connectivity index (χ1n) is 7.06. The van der Waals surface area contributed by atoms with E-state index in [0.29, 0.717) is 15.6 Å². The van der Waals surface area contributed by atoms with Gasteiger partial charge in [0.05, 0.1) is 11.3 Å². The monoisotopic (exact) mass is 336 g/mol. The lowest BCUT2D eigenvalue weighted by Gasteiger charge is -1.99. The third-order valence-electron chi connectivity index (χ3n) is 3.41. The van der Waals surface area contributed by atoms with Crippen molar-refractivity contribution in [1.82, 2.24) is 4.98 Å². The second-order valence-corrected chi connectivity index (χ2v) is 6.36. The molecule has 0 aliphatic heterocycles. The number of aromatic nitrogens is 1. The van der Waals surface area contributed by atoms with Gasteiger partial charge in [0.1, 0.15) is 11.1 Å². The second kappa shape index (κ2) is 6.78. The molecular formula is C19H13ClN2S. The molecule has 0 amide bonds. The number of halogens is 1. The number of allylic oxidation sites excluding steroid dienone is 1. The van der Waals surface area contributed by atoms with E-state index in [0.717, 1.165) is 16.8 Å². The van der Waals surface area contributed by atoms with Gasteiger partial charge in [-0.1, -0.05) is 59.6 Å². The fourth-order valence-corrected chi connectivity index (χ4v) is 3.13. The summed E-state index contributed by atoms with van der Waals surface area (Å²) in [5, 5.41) is 12.7. The van der Waals surface area contributed by atoms with Crippen molar-refractivity contribution in [3.63, 3.8) is 0 Å². The van der Waals surface area contributed by atoms with Gasteiger partial charge in [-0.3, -0.25) is 0 Å². The number of thiazole rings is 1. The van der Waals surface area contributed by atoms with Crippen LogP contribution in [0.4, 0.5) is 0 Å². The zero-order valence-electron chi connectivity index (χ0n) is 12.5. The molecule has 0 N–H and O–H groups in total. The summed E-state index contributed by atoms with van der Waals surface area (Å²) in [6.07, 6.45) is 1.78. The maximum absolute atomic E-state index is 9.45. The molecule has 2 nitrogen and oxygen atoms in total. The Hall–Kier alpha value is -2.41. The molecule has 0 aliphatic carbocycles. The molecule has 1 aromatic heterocycles. The molecule has 2 aromatic carbocycles. The highest BCUT2D eigenvalue weighted by atomic mass is 35.5. The smallest absolute Gasteiger partial charge is 0.134 e. The molecule has 0 unspecified atom stereocenters. The SMILES string of the molecule is Cc1ccc(-c2csc(/C(C#N)=C/c3ccccc3Cl)n2)cc1. The number of hydrogen-bond acceptors (Lipinski definition) is 3. The molecule has 0 saturated carbocycles. The fourth-order valence-electron chi connectivity index (χ4n) is 2.14. The first-order chi connectivity index (χ1) is 11.2. The molecular weight excluding hydrogens is 324 g/mol. The van der Waals surface area contributed by atoms with Crippen molar-refractivity contribution >= 4 is 34.6 Å². The van der Waals surface area contributed by atoms with Crippen LogP contribution in [0.5, 0.6) is 0 Å². The van der Waals surface area contributed by atoms with Crippen LogP contribution in [0.2, 0.25) is 5.02 Å². The summed E-state index contributed by atoms with van der Waals surface area (Å²) in [7, 11) is 0. The van der Waals surface area contributed by atoms with Gasteiger partial charge in [0, 0.05) is 16.0 Å². The predicted molar refractivity (Wildman–Crippen MR) is 97.2 cm³/mol. The number of aryl methyl sites for hydroxylation is 1. The average Bonchev–Trinajstić information content (AvgIpc) is 3.04. The summed E-state index contributed by atoms with van der Waals surface area (Å²) in [4.78, 5) is 4.59. The molecule has 0 radical (unpaired) electrons. The average molecular weight is 337 g/mol. The summed E-state index contributed by atoms with van der Waals surface area (Å²) in [6, 6.07) is 17.9. The molecule has 3 rings (SSSR count). The van der Waals surface area contributed by atoms with Crippen LogP contribution in [0.15, 0.2) is 53.9 Å². The van der Waals surface area contributed by atoms with Crippen LogP contribution in [-0.2, 0) is 0 Å². The van der Waals surface area contributed by atoms with Crippen LogP contribution in [0.25, 0.3) is 22.9 Å². The van der Waals surface area contributed by atoms with Crippen molar-refractivity contribution < 1.29 is 0 Å². The molecule has 0 fully saturated rings. The third-order valence-corrected chi connectivity index (χ3v) is 4.63. The van der Waals surface area contributed by atoms with E-state index < -0.39 is 0 Å². The maximum atomic E-state index is 9.45. The van der Waals surface area contributed by atoms with Gasteiger partial charge in [-0.25, -0.2) is 4.98 Å². The van der Waals surface area contributed by atoms with Crippen LogP contribution in [0.1, 0.15) is 16.1 Å². The van der Waals surface area contributed by atoms with Crippen LogP contribution >= 0.6 is 22.9 Å². The minimum atomic E-state index is 0.515. The zero-order valence-corrected chi connectivity index (χ0v) is 14.0. The van der Waals surface area contributed by atoms with Gasteiger partial charge >= 0.3 is 0 Å². The normalized spacial score (nSPS) is 11.3. The van der Waals surface area contributed by atoms with E-state index in [1.54, 1.807) is 6.08 Å². The Morgan fingerprint density at radius 1 is 1.17 bits per heavy atom. The molecule has 3 aromatic rings. The standard InChI is InChI=1S/C19H13ClN2S/c1-13-6-8-14(9-7-13)18-12-23-19(22-18)16(11-21)10-15-4-2-3-5-17(15)20/h2-10,12H,1H3/b16-10+. The largest absolute Gasteiger partial charge is 0.235 e. The van der Waals surface area contributed by atoms with Gasteiger partial charge < -0.3 is 0 Å². The van der Waals surface area contributed by atoms with E-state index in [1.807, 2.05) is 41.8 Å². The van der Waals surface area contributed by atoms with E-state index in [2.05, 4.69) is 30.1 Å². The molecule has 1 heterocycles. The van der Waals surface area contributed by atoms with Gasteiger partial charge in [-0.05, 0) is 24.6 Å². The van der Waals surface area contributed by atoms with E-state index in [-0.39, 0.29) is 0 Å². The number of hydrogen-bond donors (Lipinski definition) is 0. The van der Waals surface area contributed by atoms with Crippen molar-refractivity contribution in [2.45, 2.75) is 6.92 Å². The van der Waals surface area contributed by atoms with Crippen LogP contribution in [0.3, 0.4) is 0 Å². The number of benzene rings is 2. The minimum Gasteiger partial charge on any atom is -0.235 e. The Kier molecular flexibility index (Phi) is 4.57. The first kappa shape index (κ1) is 15.5. The lowest BCUT2D eigenvalue weighted by molar-refractivity contribution is 1.36. The quantitative estimate of drug-likeness (QED) is 0.564. The molecule has 23 heavy (non-hydrogen) atoms. The lowest BCUT2D eigenvalue weighted by atomic mass is 10.1. The van der Waals surface area contributed by atoms with Gasteiger partial charge in [-0.15, -0.1) is 11.3 Å². The van der Waals surface area contributed by atoms with Crippen LogP contribution in [0, 0.1) is 18.3 Å². The van der Waals surface area contributed by atoms with Gasteiger partial charge in [-0.2, -0.15) is 5.26 Å². The summed E-state index contributed by atoms with van der Waals surface area (Å²) in [5.74, 6) is 0. The van der Waals surface area contributed by atoms with Crippen molar-refractivity contribution in [2.24, 2.45) is 0 Å². The molecule has 0 aliphatic rings. The number of nitriles is 1. The van der Waals surface area contributed by atoms with E-state index in [1.165, 1.54) is 16.9 Å². The highest BCUT2D eigenvalue weighted by Gasteiger charge is 2.09. The van der Waals surface area contributed by atoms with E-state index in [4.69, 9.17) is 11.6 Å². The van der Waals surface area contributed by atoms with Gasteiger partial charge in [0.25, 0.3) is 0 Å². The lowest BCUT2D eigenvalue weighted by Crippen LogP contribution is -1.84. The summed E-state index contributed by atoms with van der Waals surface area (Å²) >= 11 is 7.62. The molecule has 4 heteroatoms. The Morgan fingerprint density at radius 2 is 1.91 bits per heavy atom. The van der Waals surface area contributed by atoms with Crippen molar-refractivity contribution in [1.29, 1.82) is 5.26 Å². The molecule has 112 valence electrons. The Balaban J connectivity index is 1.96. The number of rotatable bonds is 3. The molecule has 0 atom stereocenters. The zero-order chi connectivity index (χ0) is 16.2. The maximum Gasteiger partial charge on any atom is 0.134 e. The molecule has 0 saturated heterocycles. The topological polar surface area (TPSA) is 36.7 Å². The Bertz CT molecular complexity index is 902. The fraction of sp³-hybridized carbons (Fsp3) is 0.0526. The van der Waals surface area contributed by atoms with E-state index in [9.17, 15) is 5.26 Å². The summed E-state index contributed by atoms with van der Waals surface area (Å²) in [6.45, 7) is 2.05. The molecule has 0 spiro atoms. The van der Waals surface area contributed by atoms with Crippen LogP contribution in [-0.4, -0.2) is 4.98 Å². The predicted octanol–water partition coefficient (Wildman–Crippen LogP) is 5.84. The van der Waals surface area contributed by atoms with E-state index >= 15 is 0 Å². The second-order valence-electron chi connectivity index (χ2n) is 5.10. The van der Waals surface area contributed by atoms with Gasteiger partial charge in [0.15, 0.2) is 0 Å². The Morgan fingerprint density at radius 3 is 2.61 bits per heavy atom. The number of nitrogens with zero attached hydrogens (tertiary/aromatic N) is 2. The molecule has 0 bridgehead atoms. The Labute approximate surface area is 144 Å². The van der Waals surface area contributed by atoms with Crippen molar-refractivity contribution in [3.8, 4) is 17.3 Å². The minimum absolute atomic E-state index is 0.515. The van der Waals surface area contributed by atoms with Gasteiger partial charge in [0.2, 0.25) is 0 Å². The first-order valence-corrected chi connectivity index (χ1v) is 8.32.